The average Bonchev–Trinajstić information content (AvgIpc) is 2.16. The number of aliphatic hydroxyl groups is 1. The third-order valence-corrected chi connectivity index (χ3v) is 2.52. The second-order valence-electron chi connectivity index (χ2n) is 3.61. The van der Waals surface area contributed by atoms with Crippen LogP contribution in [0, 0.1) is 5.92 Å². The Hall–Kier alpha value is -0.300. The maximum Gasteiger partial charge on any atom is 0.0537 e. The largest absolute Gasteiger partial charge is 0.393 e. The lowest BCUT2D eigenvalue weighted by molar-refractivity contribution is 0.133. The minimum atomic E-state index is -0.134. The highest BCUT2D eigenvalue weighted by molar-refractivity contribution is 4.93. The van der Waals surface area contributed by atoms with Gasteiger partial charge in [0.2, 0.25) is 0 Å². The molecule has 0 aromatic heterocycles. The molecule has 0 aromatic rings. The molecule has 0 saturated heterocycles. The van der Waals surface area contributed by atoms with Crippen molar-refractivity contribution in [3.8, 4) is 0 Å². The first-order chi connectivity index (χ1) is 5.99. The van der Waals surface area contributed by atoms with Crippen LogP contribution in [0.1, 0.15) is 54.4 Å². The first-order valence-corrected chi connectivity index (χ1v) is 5.29. The maximum absolute atomic E-state index is 8.82. The normalized spacial score (nSPS) is 15.8. The summed E-state index contributed by atoms with van der Waals surface area (Å²) in [5.41, 5.74) is 1.47. The lowest BCUT2D eigenvalue weighted by Crippen LogP contribution is -2.10. The van der Waals surface area contributed by atoms with Crippen molar-refractivity contribution in [3.63, 3.8) is 0 Å². The van der Waals surface area contributed by atoms with Gasteiger partial charge in [-0.1, -0.05) is 38.8 Å². The van der Waals surface area contributed by atoms with Crippen molar-refractivity contribution < 1.29 is 5.11 Å². The van der Waals surface area contributed by atoms with Crippen LogP contribution in [0.25, 0.3) is 0 Å². The molecule has 0 spiro atoms. The smallest absolute Gasteiger partial charge is 0.0537 e. The summed E-state index contributed by atoms with van der Waals surface area (Å²) in [6, 6.07) is 0. The number of aliphatic hydroxyl groups excluding tert-OH is 1. The Kier molecular flexibility index (Phi) is 11.4. The SMILES string of the molecule is C/C=C(\C)CC.CCC(C)C(C)O. The van der Waals surface area contributed by atoms with E-state index in [0.717, 1.165) is 6.42 Å². The van der Waals surface area contributed by atoms with Gasteiger partial charge in [-0.15, -0.1) is 0 Å². The quantitative estimate of drug-likeness (QED) is 0.665. The molecule has 0 aliphatic heterocycles. The molecule has 0 heterocycles. The van der Waals surface area contributed by atoms with Crippen LogP contribution >= 0.6 is 0 Å². The van der Waals surface area contributed by atoms with Gasteiger partial charge in [0.25, 0.3) is 0 Å². The fraction of sp³-hybridized carbons (Fsp3) is 0.833. The highest BCUT2D eigenvalue weighted by Gasteiger charge is 2.03. The molecular weight excluding hydrogens is 160 g/mol. The Balaban J connectivity index is 0. The van der Waals surface area contributed by atoms with Crippen molar-refractivity contribution in [2.45, 2.75) is 60.5 Å². The van der Waals surface area contributed by atoms with E-state index in [9.17, 15) is 0 Å². The van der Waals surface area contributed by atoms with E-state index in [4.69, 9.17) is 5.11 Å². The van der Waals surface area contributed by atoms with Crippen LogP contribution in [0.5, 0.6) is 0 Å². The van der Waals surface area contributed by atoms with Gasteiger partial charge >= 0.3 is 0 Å². The molecule has 0 amide bonds. The Morgan fingerprint density at radius 3 is 1.77 bits per heavy atom. The monoisotopic (exact) mass is 186 g/mol. The summed E-state index contributed by atoms with van der Waals surface area (Å²) in [6.07, 6.45) is 4.26. The van der Waals surface area contributed by atoms with Crippen LogP contribution in [0.15, 0.2) is 11.6 Å². The van der Waals surface area contributed by atoms with Gasteiger partial charge in [-0.2, -0.15) is 0 Å². The number of rotatable bonds is 3. The van der Waals surface area contributed by atoms with Gasteiger partial charge in [0.05, 0.1) is 6.10 Å². The molecular formula is C12H26O. The zero-order valence-electron chi connectivity index (χ0n) is 10.1. The van der Waals surface area contributed by atoms with E-state index in [2.05, 4.69) is 33.8 Å². The number of hydrogen-bond donors (Lipinski definition) is 1. The van der Waals surface area contributed by atoms with Crippen molar-refractivity contribution in [3.05, 3.63) is 11.6 Å². The Morgan fingerprint density at radius 2 is 1.77 bits per heavy atom. The zero-order chi connectivity index (χ0) is 10.9. The molecule has 2 atom stereocenters. The minimum Gasteiger partial charge on any atom is -0.393 e. The third-order valence-electron chi connectivity index (χ3n) is 2.52. The van der Waals surface area contributed by atoms with E-state index in [1.54, 1.807) is 0 Å². The molecule has 0 rings (SSSR count). The lowest BCUT2D eigenvalue weighted by Gasteiger charge is -2.09. The number of hydrogen-bond acceptors (Lipinski definition) is 1. The van der Waals surface area contributed by atoms with Crippen LogP contribution < -0.4 is 0 Å². The van der Waals surface area contributed by atoms with Crippen LogP contribution in [-0.2, 0) is 0 Å². The molecule has 0 bridgehead atoms. The third kappa shape index (κ3) is 11.7. The average molecular weight is 186 g/mol. The fourth-order valence-corrected chi connectivity index (χ4v) is 0.545. The molecule has 2 unspecified atom stereocenters. The molecule has 1 N–H and O–H groups in total. The predicted octanol–water partition coefficient (Wildman–Crippen LogP) is 3.78. The van der Waals surface area contributed by atoms with Gasteiger partial charge in [0.1, 0.15) is 0 Å². The molecule has 1 nitrogen and oxygen atoms in total. The van der Waals surface area contributed by atoms with Gasteiger partial charge in [-0.25, -0.2) is 0 Å². The summed E-state index contributed by atoms with van der Waals surface area (Å²) >= 11 is 0. The second kappa shape index (κ2) is 9.79. The van der Waals surface area contributed by atoms with E-state index in [1.165, 1.54) is 12.0 Å². The van der Waals surface area contributed by atoms with E-state index in [-0.39, 0.29) is 6.10 Å². The maximum atomic E-state index is 8.82. The minimum absolute atomic E-state index is 0.134. The van der Waals surface area contributed by atoms with E-state index in [1.807, 2.05) is 13.8 Å². The molecule has 0 aliphatic rings. The van der Waals surface area contributed by atoms with Crippen molar-refractivity contribution in [2.75, 3.05) is 0 Å². The topological polar surface area (TPSA) is 20.2 Å². The van der Waals surface area contributed by atoms with Gasteiger partial charge in [0, 0.05) is 0 Å². The van der Waals surface area contributed by atoms with Gasteiger partial charge in [-0.05, 0) is 33.1 Å². The summed E-state index contributed by atoms with van der Waals surface area (Å²) < 4.78 is 0. The van der Waals surface area contributed by atoms with Crippen LogP contribution in [0.2, 0.25) is 0 Å². The predicted molar refractivity (Wildman–Crippen MR) is 60.9 cm³/mol. The van der Waals surface area contributed by atoms with Gasteiger partial charge < -0.3 is 5.11 Å². The van der Waals surface area contributed by atoms with Crippen LogP contribution in [0.4, 0.5) is 0 Å². The lowest BCUT2D eigenvalue weighted by atomic mass is 10.0. The van der Waals surface area contributed by atoms with E-state index >= 15 is 0 Å². The fourth-order valence-electron chi connectivity index (χ4n) is 0.545. The summed E-state index contributed by atoms with van der Waals surface area (Å²) in [5, 5.41) is 8.82. The van der Waals surface area contributed by atoms with Gasteiger partial charge in [-0.3, -0.25) is 0 Å². The highest BCUT2D eigenvalue weighted by Crippen LogP contribution is 2.04. The molecule has 1 heteroatoms. The summed E-state index contributed by atoms with van der Waals surface area (Å²) in [6.45, 7) is 12.3. The molecule has 0 radical (unpaired) electrons. The Morgan fingerprint density at radius 1 is 1.31 bits per heavy atom. The Labute approximate surface area is 83.9 Å². The van der Waals surface area contributed by atoms with Crippen LogP contribution in [0.3, 0.4) is 0 Å². The highest BCUT2D eigenvalue weighted by atomic mass is 16.3. The first kappa shape index (κ1) is 15.2. The summed E-state index contributed by atoms with van der Waals surface area (Å²) in [4.78, 5) is 0. The molecule has 0 fully saturated rings. The molecule has 0 saturated carbocycles. The first-order valence-electron chi connectivity index (χ1n) is 5.29. The van der Waals surface area contributed by atoms with Crippen molar-refractivity contribution in [1.29, 1.82) is 0 Å². The molecule has 0 aliphatic carbocycles. The number of allylic oxidation sites excluding steroid dienone is 2. The van der Waals surface area contributed by atoms with Crippen LogP contribution in [-0.4, -0.2) is 11.2 Å². The van der Waals surface area contributed by atoms with Gasteiger partial charge in [0.15, 0.2) is 0 Å². The zero-order valence-corrected chi connectivity index (χ0v) is 10.1. The molecule has 80 valence electrons. The van der Waals surface area contributed by atoms with Crippen molar-refractivity contribution in [2.24, 2.45) is 5.92 Å². The summed E-state index contributed by atoms with van der Waals surface area (Å²) in [7, 11) is 0. The Bertz CT molecular complexity index is 125. The molecule has 13 heavy (non-hydrogen) atoms. The van der Waals surface area contributed by atoms with E-state index in [0.29, 0.717) is 5.92 Å². The second-order valence-corrected chi connectivity index (χ2v) is 3.61. The van der Waals surface area contributed by atoms with E-state index < -0.39 is 0 Å². The van der Waals surface area contributed by atoms with Crippen molar-refractivity contribution >= 4 is 0 Å². The standard InChI is InChI=1S/C6H14O.C6H12/c1-4-5(2)6(3)7;1-4-6(3)5-2/h5-7H,4H2,1-3H3;4H,5H2,1-3H3/b;6-4+. The van der Waals surface area contributed by atoms with Crippen molar-refractivity contribution in [1.82, 2.24) is 0 Å². The summed E-state index contributed by atoms with van der Waals surface area (Å²) in [5.74, 6) is 0.458. The molecule has 0 aromatic carbocycles.